The second-order valence-corrected chi connectivity index (χ2v) is 7.14. The summed E-state index contributed by atoms with van der Waals surface area (Å²) in [6, 6.07) is 13.5. The summed E-state index contributed by atoms with van der Waals surface area (Å²) in [6.07, 6.45) is 3.57. The fraction of sp³-hybridized carbons (Fsp3) is 0.190. The van der Waals surface area contributed by atoms with Crippen molar-refractivity contribution in [1.82, 2.24) is 5.32 Å². The summed E-state index contributed by atoms with van der Waals surface area (Å²) in [7, 11) is 1.63. The molecule has 0 bridgehead atoms. The third-order valence-electron chi connectivity index (χ3n) is 3.92. The number of amides is 1. The number of carbonyl (C=O) groups is 1. The Morgan fingerprint density at radius 1 is 1.26 bits per heavy atom. The second kappa shape index (κ2) is 8.68. The highest BCUT2D eigenvalue weighted by Crippen LogP contribution is 2.33. The summed E-state index contributed by atoms with van der Waals surface area (Å²) < 4.78 is 10.9. The van der Waals surface area contributed by atoms with E-state index in [4.69, 9.17) is 9.47 Å². The summed E-state index contributed by atoms with van der Waals surface area (Å²) in [5.41, 5.74) is 2.64. The van der Waals surface area contributed by atoms with Gasteiger partial charge in [0.25, 0.3) is 5.91 Å². The van der Waals surface area contributed by atoms with Gasteiger partial charge in [-0.25, -0.2) is 0 Å². The summed E-state index contributed by atoms with van der Waals surface area (Å²) in [4.78, 5) is 13.0. The highest BCUT2D eigenvalue weighted by atomic mass is 32.2. The number of ether oxygens (including phenoxy) is 2. The van der Waals surface area contributed by atoms with Crippen molar-refractivity contribution in [2.45, 2.75) is 12.4 Å². The minimum Gasteiger partial charge on any atom is -0.495 e. The normalized spacial score (nSPS) is 17.5. The Hall–Kier alpha value is -2.86. The van der Waals surface area contributed by atoms with Crippen LogP contribution in [0.4, 0.5) is 5.69 Å². The van der Waals surface area contributed by atoms with Crippen LogP contribution in [0.1, 0.15) is 11.1 Å². The lowest BCUT2D eigenvalue weighted by atomic mass is 10.2. The Kier molecular flexibility index (Phi) is 6.08. The number of methoxy groups -OCH3 is 1. The van der Waals surface area contributed by atoms with Gasteiger partial charge in [-0.05, 0) is 48.4 Å². The molecule has 1 amide bonds. The van der Waals surface area contributed by atoms with Crippen molar-refractivity contribution < 1.29 is 14.3 Å². The molecule has 1 saturated heterocycles. The average Bonchev–Trinajstić information content (AvgIpc) is 3.00. The zero-order valence-corrected chi connectivity index (χ0v) is 16.1. The third-order valence-corrected chi connectivity index (χ3v) is 4.95. The first-order valence-electron chi connectivity index (χ1n) is 8.53. The van der Waals surface area contributed by atoms with Gasteiger partial charge in [-0.2, -0.15) is 0 Å². The molecule has 1 fully saturated rings. The molecular formula is C21H22N2O3S. The first kappa shape index (κ1) is 18.9. The van der Waals surface area contributed by atoms with E-state index < -0.39 is 0 Å². The number of anilines is 1. The predicted molar refractivity (Wildman–Crippen MR) is 111 cm³/mol. The van der Waals surface area contributed by atoms with Crippen LogP contribution in [0.3, 0.4) is 0 Å². The van der Waals surface area contributed by atoms with Crippen LogP contribution in [0.5, 0.6) is 11.5 Å². The van der Waals surface area contributed by atoms with Gasteiger partial charge in [0.05, 0.1) is 17.7 Å². The van der Waals surface area contributed by atoms with E-state index >= 15 is 0 Å². The van der Waals surface area contributed by atoms with Crippen molar-refractivity contribution in [2.75, 3.05) is 19.0 Å². The molecule has 2 aromatic carbocycles. The fourth-order valence-corrected chi connectivity index (χ4v) is 3.58. The number of rotatable bonds is 7. The van der Waals surface area contributed by atoms with Crippen molar-refractivity contribution in [3.05, 3.63) is 71.2 Å². The van der Waals surface area contributed by atoms with Crippen LogP contribution in [0.15, 0.2) is 60.0 Å². The van der Waals surface area contributed by atoms with Crippen molar-refractivity contribution in [3.63, 3.8) is 0 Å². The van der Waals surface area contributed by atoms with Crippen molar-refractivity contribution >= 4 is 29.4 Å². The molecule has 1 atom stereocenters. The molecular weight excluding hydrogens is 360 g/mol. The lowest BCUT2D eigenvalue weighted by molar-refractivity contribution is -0.116. The minimum absolute atomic E-state index is 0.101. The zero-order valence-electron chi connectivity index (χ0n) is 15.3. The predicted octanol–water partition coefficient (Wildman–Crippen LogP) is 4.17. The second-order valence-electron chi connectivity index (χ2n) is 6.00. The summed E-state index contributed by atoms with van der Waals surface area (Å²) in [5.74, 6) is 1.41. The molecule has 0 aliphatic carbocycles. The number of hydrogen-bond donors (Lipinski definition) is 2. The van der Waals surface area contributed by atoms with Gasteiger partial charge in [0.1, 0.15) is 18.1 Å². The van der Waals surface area contributed by atoms with Crippen molar-refractivity contribution in [3.8, 4) is 11.5 Å². The zero-order chi connectivity index (χ0) is 19.2. The highest BCUT2D eigenvalue weighted by Gasteiger charge is 2.27. The third kappa shape index (κ3) is 4.86. The van der Waals surface area contributed by atoms with E-state index in [0.29, 0.717) is 11.5 Å². The minimum atomic E-state index is -0.255. The Morgan fingerprint density at radius 2 is 2.04 bits per heavy atom. The van der Waals surface area contributed by atoms with Crippen molar-refractivity contribution in [2.24, 2.45) is 0 Å². The van der Waals surface area contributed by atoms with Crippen LogP contribution in [0.2, 0.25) is 0 Å². The Labute approximate surface area is 163 Å². The molecule has 6 heteroatoms. The van der Waals surface area contributed by atoms with E-state index in [1.807, 2.05) is 55.5 Å². The van der Waals surface area contributed by atoms with Crippen LogP contribution in [0, 0.1) is 6.92 Å². The largest absolute Gasteiger partial charge is 0.495 e. The topological polar surface area (TPSA) is 59.6 Å². The number of benzene rings is 2. The van der Waals surface area contributed by atoms with Gasteiger partial charge in [0.2, 0.25) is 0 Å². The van der Waals surface area contributed by atoms with Crippen LogP contribution in [-0.4, -0.2) is 25.1 Å². The van der Waals surface area contributed by atoms with E-state index in [1.54, 1.807) is 13.2 Å². The summed E-state index contributed by atoms with van der Waals surface area (Å²) in [6.45, 7) is 6.11. The Bertz CT molecular complexity index is 862. The van der Waals surface area contributed by atoms with Gasteiger partial charge in [0, 0.05) is 0 Å². The van der Waals surface area contributed by atoms with Gasteiger partial charge in [-0.15, -0.1) is 0 Å². The summed E-state index contributed by atoms with van der Waals surface area (Å²) in [5, 5.41) is 6.25. The SMILES string of the molecule is C=CCOc1ccc(/C=C2\SC(Nc3cc(C)ccc3OC)NC2=O)cc1. The van der Waals surface area contributed by atoms with Gasteiger partial charge < -0.3 is 20.1 Å². The van der Waals surface area contributed by atoms with E-state index in [-0.39, 0.29) is 11.4 Å². The fourth-order valence-electron chi connectivity index (χ4n) is 2.61. The Morgan fingerprint density at radius 3 is 2.74 bits per heavy atom. The maximum Gasteiger partial charge on any atom is 0.260 e. The molecule has 0 radical (unpaired) electrons. The lowest BCUT2D eigenvalue weighted by Gasteiger charge is -2.16. The Balaban J connectivity index is 1.69. The first-order valence-corrected chi connectivity index (χ1v) is 9.41. The van der Waals surface area contributed by atoms with Gasteiger partial charge >= 0.3 is 0 Å². The number of hydrogen-bond acceptors (Lipinski definition) is 5. The summed E-state index contributed by atoms with van der Waals surface area (Å²) >= 11 is 1.44. The molecule has 1 heterocycles. The molecule has 2 aromatic rings. The molecule has 1 aliphatic rings. The van der Waals surface area contributed by atoms with E-state index in [9.17, 15) is 4.79 Å². The maximum atomic E-state index is 12.3. The molecule has 0 aromatic heterocycles. The average molecular weight is 382 g/mol. The number of carbonyl (C=O) groups excluding carboxylic acids is 1. The van der Waals surface area contributed by atoms with E-state index in [1.165, 1.54) is 11.8 Å². The van der Waals surface area contributed by atoms with Gasteiger partial charge in [-0.1, -0.05) is 42.6 Å². The molecule has 140 valence electrons. The molecule has 0 saturated carbocycles. The maximum absolute atomic E-state index is 12.3. The van der Waals surface area contributed by atoms with Gasteiger partial charge in [-0.3, -0.25) is 4.79 Å². The molecule has 3 rings (SSSR count). The quantitative estimate of drug-likeness (QED) is 0.556. The molecule has 0 spiro atoms. The number of thioether (sulfide) groups is 1. The smallest absolute Gasteiger partial charge is 0.260 e. The molecule has 1 aliphatic heterocycles. The highest BCUT2D eigenvalue weighted by molar-refractivity contribution is 8.05. The lowest BCUT2D eigenvalue weighted by Crippen LogP contribution is -2.31. The molecule has 5 nitrogen and oxygen atoms in total. The van der Waals surface area contributed by atoms with Crippen LogP contribution in [0.25, 0.3) is 6.08 Å². The number of nitrogens with one attached hydrogen (secondary N) is 2. The molecule has 27 heavy (non-hydrogen) atoms. The monoisotopic (exact) mass is 382 g/mol. The number of aryl methyl sites for hydroxylation is 1. The van der Waals surface area contributed by atoms with Gasteiger partial charge in [0.15, 0.2) is 5.50 Å². The van der Waals surface area contributed by atoms with Crippen LogP contribution >= 0.6 is 11.8 Å². The standard InChI is InChI=1S/C21H22N2O3S/c1-4-11-26-16-8-6-15(7-9-16)13-19-20(24)23-21(27-19)22-17-12-14(2)5-10-18(17)25-3/h4-10,12-13,21-22H,1,11H2,2-3H3,(H,23,24)/b19-13-. The van der Waals surface area contributed by atoms with E-state index in [0.717, 1.165) is 28.3 Å². The first-order chi connectivity index (χ1) is 13.1. The van der Waals surface area contributed by atoms with E-state index in [2.05, 4.69) is 17.2 Å². The molecule has 2 N–H and O–H groups in total. The van der Waals surface area contributed by atoms with Crippen LogP contribution in [-0.2, 0) is 4.79 Å². The van der Waals surface area contributed by atoms with Crippen molar-refractivity contribution in [1.29, 1.82) is 0 Å². The molecule has 1 unspecified atom stereocenters. The van der Waals surface area contributed by atoms with Crippen LogP contribution < -0.4 is 20.1 Å².